The third-order valence-electron chi connectivity index (χ3n) is 8.20. The van der Waals surface area contributed by atoms with E-state index in [1.165, 1.54) is 7.05 Å². The normalized spacial score (nSPS) is 26.9. The number of nitrogens with one attached hydrogen (secondary N) is 1. The van der Waals surface area contributed by atoms with E-state index in [1.807, 2.05) is 6.07 Å². The Morgan fingerprint density at radius 1 is 1.08 bits per heavy atom. The molecule has 2 aromatic carbocycles. The highest BCUT2D eigenvalue weighted by atomic mass is 17.2. The van der Waals surface area contributed by atoms with E-state index in [1.54, 1.807) is 18.2 Å². The van der Waals surface area contributed by atoms with E-state index >= 15 is 0 Å². The summed E-state index contributed by atoms with van der Waals surface area (Å²) in [5, 5.41) is 30.6. The fourth-order valence-electron chi connectivity index (χ4n) is 5.98. The van der Waals surface area contributed by atoms with E-state index < -0.39 is 61.8 Å². The molecule has 17 nitrogen and oxygen atoms in total. The summed E-state index contributed by atoms with van der Waals surface area (Å²) in [6.45, 7) is 4.18. The molecule has 6 N–H and O–H groups in total. The van der Waals surface area contributed by atoms with Crippen LogP contribution in [0.3, 0.4) is 0 Å². The lowest BCUT2D eigenvalue weighted by Crippen LogP contribution is -2.62. The Morgan fingerprint density at radius 3 is 2.65 bits per heavy atom. The average Bonchev–Trinajstić information content (AvgIpc) is 3.68. The van der Waals surface area contributed by atoms with Crippen LogP contribution in [-0.2, 0) is 35.2 Å². The van der Waals surface area contributed by atoms with Gasteiger partial charge in [0.05, 0.1) is 12.5 Å². The highest BCUT2D eigenvalue weighted by molar-refractivity contribution is 5.90. The predicted octanol–water partition coefficient (Wildman–Crippen LogP) is 0.833. The van der Waals surface area contributed by atoms with E-state index in [0.717, 1.165) is 23.3 Å². The Balaban J connectivity index is 1.18. The molecular weight excluding hydrogens is 638 g/mol. The summed E-state index contributed by atoms with van der Waals surface area (Å²) >= 11 is 0. The maximum Gasteiger partial charge on any atom is 0.317 e. The number of carboxylic acid groups (broad SMARTS) is 1. The van der Waals surface area contributed by atoms with Crippen molar-refractivity contribution in [3.63, 3.8) is 0 Å². The van der Waals surface area contributed by atoms with Gasteiger partial charge >= 0.3 is 11.9 Å². The Morgan fingerprint density at radius 2 is 1.90 bits per heavy atom. The topological polar surface area (TPSA) is 228 Å². The monoisotopic (exact) mass is 675 g/mol. The Kier molecular flexibility index (Phi) is 9.66. The number of carboxylic acids is 1. The predicted molar refractivity (Wildman–Crippen MR) is 160 cm³/mol. The fourth-order valence-corrected chi connectivity index (χ4v) is 5.98. The maximum atomic E-state index is 11.7. The summed E-state index contributed by atoms with van der Waals surface area (Å²) in [5.41, 5.74) is 10.6. The molecule has 7 atom stereocenters. The average molecular weight is 676 g/mol. The largest absolute Gasteiger partial charge is 0.492 e. The van der Waals surface area contributed by atoms with Crippen molar-refractivity contribution in [2.45, 2.75) is 69.4 Å². The van der Waals surface area contributed by atoms with Crippen LogP contribution < -0.4 is 35.0 Å². The maximum absolute atomic E-state index is 11.7. The molecule has 1 saturated heterocycles. The van der Waals surface area contributed by atoms with Crippen LogP contribution in [0, 0.1) is 5.92 Å². The standard InChI is InChI=1S/C31H37N3O14/c1-13(2)6-17-25-15(8-20-27(17)43-12-42-20)18-10-40-19-5-4-14(7-16(19)26(18)45-25)47-48-29-28(46-34-31(32)33-3)24(38)21(44-30(29)39)11-41-23(37)9-22(35)36/h4-5,7-8,13,18,21,24,26,28-30,38-39H,6,9-12H2,1-3H3,(H,35,36)(H3,32,33,34)/t18-,21+,24+,26+,28-,29-,30+/m0/s1. The Hall–Kier alpha value is -4.55. The number of fused-ring (bicyclic) bond motifs is 6. The Bertz CT molecular complexity index is 1570. The molecule has 0 saturated carbocycles. The van der Waals surface area contributed by atoms with Crippen molar-refractivity contribution in [1.29, 1.82) is 0 Å². The quantitative estimate of drug-likeness (QED) is 0.0555. The van der Waals surface area contributed by atoms with Crippen LogP contribution in [0.25, 0.3) is 0 Å². The molecule has 17 heteroatoms. The minimum absolute atomic E-state index is 0.135. The zero-order valence-electron chi connectivity index (χ0n) is 26.3. The van der Waals surface area contributed by atoms with E-state index in [0.29, 0.717) is 35.3 Å². The first-order chi connectivity index (χ1) is 23.0. The number of benzene rings is 2. The van der Waals surface area contributed by atoms with Crippen LogP contribution in [0.4, 0.5) is 0 Å². The second-order valence-corrected chi connectivity index (χ2v) is 12.0. The van der Waals surface area contributed by atoms with Crippen LogP contribution in [0.2, 0.25) is 0 Å². The molecule has 0 radical (unpaired) electrons. The lowest BCUT2D eigenvalue weighted by atomic mass is 9.87. The number of aliphatic carboxylic acids is 1. The lowest BCUT2D eigenvalue weighted by molar-refractivity contribution is -0.372. The van der Waals surface area contributed by atoms with Gasteiger partial charge in [-0.1, -0.05) is 13.8 Å². The van der Waals surface area contributed by atoms with Crippen LogP contribution in [-0.4, -0.2) is 91.0 Å². The smallest absolute Gasteiger partial charge is 0.317 e. The van der Waals surface area contributed by atoms with E-state index in [-0.39, 0.29) is 24.4 Å². The number of nitrogens with zero attached hydrogens (tertiary/aromatic N) is 1. The van der Waals surface area contributed by atoms with Gasteiger partial charge in [0.15, 0.2) is 29.6 Å². The van der Waals surface area contributed by atoms with E-state index in [2.05, 4.69) is 24.3 Å². The van der Waals surface area contributed by atoms with Crippen molar-refractivity contribution in [2.75, 3.05) is 27.1 Å². The van der Waals surface area contributed by atoms with Crippen LogP contribution in [0.5, 0.6) is 28.7 Å². The van der Waals surface area contributed by atoms with E-state index in [9.17, 15) is 19.8 Å². The number of ether oxygens (including phenoxy) is 6. The molecule has 0 spiro atoms. The molecule has 0 amide bonds. The second-order valence-electron chi connectivity index (χ2n) is 12.0. The van der Waals surface area contributed by atoms with Crippen LogP contribution >= 0.6 is 0 Å². The third kappa shape index (κ3) is 6.72. The van der Waals surface area contributed by atoms with Crippen molar-refractivity contribution < 1.29 is 67.9 Å². The summed E-state index contributed by atoms with van der Waals surface area (Å²) in [4.78, 5) is 42.9. The van der Waals surface area contributed by atoms with Crippen molar-refractivity contribution >= 4 is 17.9 Å². The minimum Gasteiger partial charge on any atom is -0.492 e. The summed E-state index contributed by atoms with van der Waals surface area (Å²) < 4.78 is 34.6. The summed E-state index contributed by atoms with van der Waals surface area (Å²) in [6.07, 6.45) is -8.16. The summed E-state index contributed by atoms with van der Waals surface area (Å²) in [6, 6.07) is 6.93. The van der Waals surface area contributed by atoms with Gasteiger partial charge in [-0.15, -0.1) is 0 Å². The summed E-state index contributed by atoms with van der Waals surface area (Å²) in [7, 11) is 1.39. The molecule has 260 valence electrons. The molecule has 0 bridgehead atoms. The van der Waals surface area contributed by atoms with Crippen molar-refractivity contribution in [1.82, 2.24) is 5.48 Å². The van der Waals surface area contributed by atoms with Gasteiger partial charge in [-0.3, -0.25) is 19.4 Å². The molecular formula is C31H37N3O14. The van der Waals surface area contributed by atoms with Gasteiger partial charge in [-0.25, -0.2) is 5.48 Å². The van der Waals surface area contributed by atoms with E-state index in [4.69, 9.17) is 53.9 Å². The van der Waals surface area contributed by atoms with Crippen molar-refractivity contribution in [3.05, 3.63) is 41.0 Å². The zero-order chi connectivity index (χ0) is 34.1. The number of esters is 1. The molecule has 0 aliphatic carbocycles. The number of hydroxylamine groups is 1. The fraction of sp³-hybridized carbons (Fsp3) is 0.516. The first-order valence-corrected chi connectivity index (χ1v) is 15.3. The number of carbonyl (C=O) groups is 2. The lowest BCUT2D eigenvalue weighted by Gasteiger charge is -2.40. The zero-order valence-corrected chi connectivity index (χ0v) is 26.3. The Labute approximate surface area is 274 Å². The SMILES string of the molecule is CN=C(N)NO[C@H]1[C@H](O)[C@@H](COC(=O)CC(=O)O)O[C@@H](O)[C@H]1OOc1ccc2c(c1)[C@H]1Oc3c(cc4c(c3CC(C)C)OCO4)[C@@H]1CO2. The molecule has 6 rings (SSSR count). The number of aliphatic imine (C=N–C) groups is 1. The van der Waals surface area contributed by atoms with Gasteiger partial charge in [0, 0.05) is 23.7 Å². The number of carbonyl (C=O) groups excluding carboxylic acids is 1. The van der Waals surface area contributed by atoms with Gasteiger partial charge in [-0.2, -0.15) is 4.89 Å². The van der Waals surface area contributed by atoms with Crippen LogP contribution in [0.15, 0.2) is 29.3 Å². The number of hydrogen-bond donors (Lipinski definition) is 5. The second kappa shape index (κ2) is 13.9. The number of guanidine groups is 1. The highest BCUT2D eigenvalue weighted by Crippen LogP contribution is 2.57. The van der Waals surface area contributed by atoms with Crippen molar-refractivity contribution in [3.8, 4) is 28.7 Å². The first kappa shape index (κ1) is 33.4. The summed E-state index contributed by atoms with van der Waals surface area (Å²) in [5.74, 6) is 0.517. The third-order valence-corrected chi connectivity index (χ3v) is 8.20. The number of nitrogens with two attached hydrogens (primary N) is 1. The van der Waals surface area contributed by atoms with Gasteiger partial charge < -0.3 is 54.4 Å². The highest BCUT2D eigenvalue weighted by Gasteiger charge is 2.49. The molecule has 0 unspecified atom stereocenters. The number of aliphatic hydroxyl groups is 2. The number of rotatable bonds is 11. The van der Waals surface area contributed by atoms with Gasteiger partial charge in [0.25, 0.3) is 0 Å². The molecule has 48 heavy (non-hydrogen) atoms. The minimum atomic E-state index is -1.77. The van der Waals surface area contributed by atoms with Crippen molar-refractivity contribution in [2.24, 2.45) is 16.6 Å². The number of aliphatic hydroxyl groups excluding tert-OH is 2. The molecule has 4 aliphatic heterocycles. The molecule has 4 heterocycles. The van der Waals surface area contributed by atoms with Gasteiger partial charge in [0.2, 0.25) is 12.8 Å². The molecule has 4 aliphatic rings. The first-order valence-electron chi connectivity index (χ1n) is 15.3. The van der Waals surface area contributed by atoms with Gasteiger partial charge in [-0.05, 0) is 36.6 Å². The number of hydrogen-bond acceptors (Lipinski definition) is 14. The van der Waals surface area contributed by atoms with Crippen LogP contribution in [0.1, 0.15) is 49.0 Å². The molecule has 1 fully saturated rings. The van der Waals surface area contributed by atoms with Gasteiger partial charge in [0.1, 0.15) is 48.9 Å². The molecule has 2 aromatic rings. The molecule has 0 aromatic heterocycles.